The van der Waals surface area contributed by atoms with E-state index >= 15 is 0 Å². The van der Waals surface area contributed by atoms with Crippen LogP contribution in [-0.2, 0) is 0 Å². The summed E-state index contributed by atoms with van der Waals surface area (Å²) in [6.45, 7) is 0. The predicted molar refractivity (Wildman–Crippen MR) is 270 cm³/mol. The standard InChI is InChI=1S/C60H42N2Si/c1-3-15-43(16-4-1)45-27-35-49(36-28-45)63(50-37-29-46(30-38-50)44-17-5-2-6-18-44,51-39-31-47(32-40-51)61-57-23-11-7-19-53(57)54-20-8-12-24-58(54)61)52-41-33-48(34-42-52)62-59-25-13-9-21-55(59)56-22-10-14-26-60(56)62/h1-42H. The highest BCUT2D eigenvalue weighted by Crippen LogP contribution is 2.33. The fourth-order valence-electron chi connectivity index (χ4n) is 10.2. The molecule has 2 aromatic heterocycles. The molecule has 0 unspecified atom stereocenters. The summed E-state index contributed by atoms with van der Waals surface area (Å²) in [5, 5.41) is 10.4. The van der Waals surface area contributed by atoms with Gasteiger partial charge in [0.05, 0.1) is 22.1 Å². The molecule has 0 aliphatic carbocycles. The molecule has 0 atom stereocenters. The monoisotopic (exact) mass is 818 g/mol. The summed E-state index contributed by atoms with van der Waals surface area (Å²) in [6.07, 6.45) is 0. The highest BCUT2D eigenvalue weighted by molar-refractivity contribution is 7.19. The topological polar surface area (TPSA) is 9.86 Å². The van der Waals surface area contributed by atoms with E-state index in [2.05, 4.69) is 264 Å². The fraction of sp³-hybridized carbons (Fsp3) is 0. The van der Waals surface area contributed by atoms with Crippen LogP contribution in [0.15, 0.2) is 255 Å². The van der Waals surface area contributed by atoms with E-state index in [-0.39, 0.29) is 0 Å². The van der Waals surface area contributed by atoms with E-state index in [9.17, 15) is 0 Å². The van der Waals surface area contributed by atoms with Crippen LogP contribution in [-0.4, -0.2) is 17.2 Å². The Balaban J connectivity index is 1.09. The van der Waals surface area contributed by atoms with Crippen molar-refractivity contribution in [3.8, 4) is 33.6 Å². The van der Waals surface area contributed by atoms with Crippen molar-refractivity contribution in [3.63, 3.8) is 0 Å². The molecular formula is C60H42N2Si. The molecule has 0 aliphatic rings. The maximum atomic E-state index is 2.42. The molecule has 296 valence electrons. The van der Waals surface area contributed by atoms with Crippen molar-refractivity contribution in [2.45, 2.75) is 0 Å². The average Bonchev–Trinajstić information content (AvgIpc) is 3.89. The molecule has 12 rings (SSSR count). The third-order valence-electron chi connectivity index (χ3n) is 13.1. The van der Waals surface area contributed by atoms with Crippen LogP contribution in [0.25, 0.3) is 77.2 Å². The van der Waals surface area contributed by atoms with E-state index in [0.29, 0.717) is 0 Å². The number of nitrogens with zero attached hydrogens (tertiary/aromatic N) is 2. The maximum Gasteiger partial charge on any atom is 0.179 e. The van der Waals surface area contributed by atoms with Crippen molar-refractivity contribution in [1.29, 1.82) is 0 Å². The van der Waals surface area contributed by atoms with Gasteiger partial charge in [0.15, 0.2) is 8.07 Å². The van der Waals surface area contributed by atoms with Crippen LogP contribution in [0.3, 0.4) is 0 Å². The van der Waals surface area contributed by atoms with E-state index in [1.54, 1.807) is 0 Å². The van der Waals surface area contributed by atoms with E-state index in [0.717, 1.165) is 11.4 Å². The van der Waals surface area contributed by atoms with Crippen LogP contribution in [0.1, 0.15) is 0 Å². The van der Waals surface area contributed by atoms with Crippen LogP contribution < -0.4 is 20.7 Å². The summed E-state index contributed by atoms with van der Waals surface area (Å²) < 4.78 is 4.84. The Morgan fingerprint density at radius 3 is 0.746 bits per heavy atom. The molecule has 10 aromatic carbocycles. The summed E-state index contributed by atoms with van der Waals surface area (Å²) >= 11 is 0. The van der Waals surface area contributed by atoms with Gasteiger partial charge in [0.1, 0.15) is 0 Å². The number of aromatic nitrogens is 2. The van der Waals surface area contributed by atoms with Gasteiger partial charge in [0.2, 0.25) is 0 Å². The van der Waals surface area contributed by atoms with Crippen molar-refractivity contribution in [1.82, 2.24) is 9.13 Å². The number of fused-ring (bicyclic) bond motifs is 6. The highest BCUT2D eigenvalue weighted by Gasteiger charge is 2.41. The van der Waals surface area contributed by atoms with E-state index in [1.165, 1.54) is 86.6 Å². The van der Waals surface area contributed by atoms with E-state index < -0.39 is 8.07 Å². The normalized spacial score (nSPS) is 11.8. The summed E-state index contributed by atoms with van der Waals surface area (Å²) in [5.74, 6) is 0. The van der Waals surface area contributed by atoms with Gasteiger partial charge < -0.3 is 9.13 Å². The molecule has 0 amide bonds. The van der Waals surface area contributed by atoms with Crippen LogP contribution in [0.4, 0.5) is 0 Å². The molecule has 0 aliphatic heterocycles. The molecule has 2 heterocycles. The molecule has 0 fully saturated rings. The largest absolute Gasteiger partial charge is 0.309 e. The first-order chi connectivity index (χ1) is 31.3. The average molecular weight is 819 g/mol. The molecule has 0 bridgehead atoms. The second-order valence-electron chi connectivity index (χ2n) is 16.5. The van der Waals surface area contributed by atoms with Gasteiger partial charge in [-0.05, 0) is 91.5 Å². The Hall–Kier alpha value is -7.98. The smallest absolute Gasteiger partial charge is 0.179 e. The molecule has 0 radical (unpaired) electrons. The Morgan fingerprint density at radius 1 is 0.206 bits per heavy atom. The minimum Gasteiger partial charge on any atom is -0.309 e. The summed E-state index contributed by atoms with van der Waals surface area (Å²) in [7, 11) is -3.00. The molecule has 63 heavy (non-hydrogen) atoms. The minimum atomic E-state index is -3.00. The Labute approximate surface area is 368 Å². The molecule has 12 aromatic rings. The second kappa shape index (κ2) is 15.2. The zero-order chi connectivity index (χ0) is 41.7. The fourth-order valence-corrected chi connectivity index (χ4v) is 14.9. The predicted octanol–water partition coefficient (Wildman–Crippen LogP) is 12.6. The molecule has 0 saturated heterocycles. The van der Waals surface area contributed by atoms with Crippen molar-refractivity contribution in [2.75, 3.05) is 0 Å². The quantitative estimate of drug-likeness (QED) is 0.107. The maximum absolute atomic E-state index is 3.00. The van der Waals surface area contributed by atoms with E-state index in [1.807, 2.05) is 0 Å². The van der Waals surface area contributed by atoms with Crippen LogP contribution >= 0.6 is 0 Å². The number of para-hydroxylation sites is 4. The first-order valence-electron chi connectivity index (χ1n) is 21.8. The van der Waals surface area contributed by atoms with Gasteiger partial charge in [-0.2, -0.15) is 0 Å². The van der Waals surface area contributed by atoms with Gasteiger partial charge in [0, 0.05) is 32.9 Å². The third kappa shape index (κ3) is 6.00. The molecule has 0 spiro atoms. The van der Waals surface area contributed by atoms with Crippen molar-refractivity contribution in [3.05, 3.63) is 255 Å². The van der Waals surface area contributed by atoms with E-state index in [4.69, 9.17) is 0 Å². The zero-order valence-electron chi connectivity index (χ0n) is 34.6. The lowest BCUT2D eigenvalue weighted by atomic mass is 10.1. The van der Waals surface area contributed by atoms with Crippen molar-refractivity contribution in [2.24, 2.45) is 0 Å². The van der Waals surface area contributed by atoms with Gasteiger partial charge in [-0.25, -0.2) is 0 Å². The molecule has 3 heteroatoms. The van der Waals surface area contributed by atoms with Crippen molar-refractivity contribution < 1.29 is 0 Å². The number of rotatable bonds is 8. The van der Waals surface area contributed by atoms with Crippen LogP contribution in [0.5, 0.6) is 0 Å². The molecule has 2 nitrogen and oxygen atoms in total. The first kappa shape index (κ1) is 36.8. The van der Waals surface area contributed by atoms with Gasteiger partial charge >= 0.3 is 0 Å². The van der Waals surface area contributed by atoms with Gasteiger partial charge in [-0.1, -0.05) is 206 Å². The van der Waals surface area contributed by atoms with Crippen LogP contribution in [0.2, 0.25) is 0 Å². The third-order valence-corrected chi connectivity index (χ3v) is 17.9. The van der Waals surface area contributed by atoms with Gasteiger partial charge in [0.25, 0.3) is 0 Å². The Kier molecular flexibility index (Phi) is 8.87. The lowest BCUT2D eigenvalue weighted by molar-refractivity contribution is 1.18. The highest BCUT2D eigenvalue weighted by atomic mass is 28.3. The molecular weight excluding hydrogens is 777 g/mol. The SMILES string of the molecule is c1ccc(-c2ccc([Si](c3ccc(-c4ccccc4)cc3)(c3ccc(-n4c5ccccc5c5ccccc54)cc3)c3ccc(-n4c5ccccc5c5ccccc54)cc3)cc2)cc1. The van der Waals surface area contributed by atoms with Gasteiger partial charge in [-0.3, -0.25) is 0 Å². The Bertz CT molecular complexity index is 3220. The summed E-state index contributed by atoms with van der Waals surface area (Å²) in [5.41, 5.74) is 12.0. The lowest BCUT2D eigenvalue weighted by Gasteiger charge is -2.35. The number of benzene rings is 10. The van der Waals surface area contributed by atoms with Gasteiger partial charge in [-0.15, -0.1) is 0 Å². The minimum absolute atomic E-state index is 1.15. The van der Waals surface area contributed by atoms with Crippen LogP contribution in [0, 0.1) is 0 Å². The zero-order valence-corrected chi connectivity index (χ0v) is 35.6. The van der Waals surface area contributed by atoms with Crippen molar-refractivity contribution >= 4 is 72.4 Å². The number of hydrogen-bond acceptors (Lipinski definition) is 0. The lowest BCUT2D eigenvalue weighted by Crippen LogP contribution is -2.74. The first-order valence-corrected chi connectivity index (χ1v) is 23.8. The second-order valence-corrected chi connectivity index (χ2v) is 20.3. The summed E-state index contributed by atoms with van der Waals surface area (Å²) in [6, 6.07) is 94.4. The molecule has 0 N–H and O–H groups in total. The molecule has 0 saturated carbocycles. The number of hydrogen-bond donors (Lipinski definition) is 0. The summed E-state index contributed by atoms with van der Waals surface area (Å²) in [4.78, 5) is 0. The Morgan fingerprint density at radius 2 is 0.444 bits per heavy atom.